The van der Waals surface area contributed by atoms with E-state index in [9.17, 15) is 17.6 Å². The molecule has 1 aromatic heterocycles. The molecule has 0 bridgehead atoms. The number of aromatic nitrogens is 1. The molecule has 1 aromatic carbocycles. The molecule has 29 heavy (non-hydrogen) atoms. The van der Waals surface area contributed by atoms with Crippen LogP contribution in [0.4, 0.5) is 9.18 Å². The molecule has 154 valence electrons. The summed E-state index contributed by atoms with van der Waals surface area (Å²) < 4.78 is 45.3. The van der Waals surface area contributed by atoms with E-state index in [0.29, 0.717) is 19.0 Å². The summed E-state index contributed by atoms with van der Waals surface area (Å²) in [6, 6.07) is 9.06. The van der Waals surface area contributed by atoms with E-state index in [1.165, 1.54) is 39.0 Å². The number of amides is 1. The van der Waals surface area contributed by atoms with Crippen LogP contribution in [-0.4, -0.2) is 60.1 Å². The van der Waals surface area contributed by atoms with E-state index >= 15 is 0 Å². The number of rotatable bonds is 4. The Morgan fingerprint density at radius 2 is 1.66 bits per heavy atom. The van der Waals surface area contributed by atoms with E-state index < -0.39 is 27.2 Å². The Kier molecular flexibility index (Phi) is 5.51. The van der Waals surface area contributed by atoms with Gasteiger partial charge in [-0.25, -0.2) is 21.9 Å². The van der Waals surface area contributed by atoms with Crippen molar-refractivity contribution in [2.45, 2.75) is 24.0 Å². The summed E-state index contributed by atoms with van der Waals surface area (Å²) in [5.74, 6) is 0.140. The Balaban J connectivity index is 1.28. The highest BCUT2D eigenvalue weighted by Crippen LogP contribution is 2.31. The summed E-state index contributed by atoms with van der Waals surface area (Å²) in [5, 5.41) is -0.610. The number of nitrogens with zero attached hydrogens (tertiary/aromatic N) is 3. The van der Waals surface area contributed by atoms with Gasteiger partial charge in [0.2, 0.25) is 10.0 Å². The number of hydrogen-bond donors (Lipinski definition) is 0. The highest BCUT2D eigenvalue weighted by atomic mass is 32.2. The zero-order valence-electron chi connectivity index (χ0n) is 15.8. The molecule has 7 nitrogen and oxygen atoms in total. The van der Waals surface area contributed by atoms with Crippen molar-refractivity contribution in [2.75, 3.05) is 26.2 Å². The van der Waals surface area contributed by atoms with Crippen LogP contribution in [0.1, 0.15) is 24.3 Å². The van der Waals surface area contributed by atoms with Gasteiger partial charge in [0.05, 0.1) is 0 Å². The van der Waals surface area contributed by atoms with Crippen molar-refractivity contribution in [2.24, 2.45) is 0 Å². The fraction of sp³-hybridized carbons (Fsp3) is 0.400. The average Bonchev–Trinajstić information content (AvgIpc) is 2.69. The zero-order valence-corrected chi connectivity index (χ0v) is 16.6. The van der Waals surface area contributed by atoms with E-state index in [1.807, 2.05) is 12.1 Å². The molecule has 0 unspecified atom stereocenters. The first-order chi connectivity index (χ1) is 13.9. The van der Waals surface area contributed by atoms with Crippen LogP contribution in [0, 0.1) is 5.82 Å². The second kappa shape index (κ2) is 8.08. The number of benzene rings is 1. The molecule has 2 fully saturated rings. The molecule has 0 N–H and O–H groups in total. The Labute approximate surface area is 169 Å². The van der Waals surface area contributed by atoms with Crippen LogP contribution in [0.3, 0.4) is 0 Å². The molecule has 0 saturated carbocycles. The Morgan fingerprint density at radius 3 is 2.28 bits per heavy atom. The van der Waals surface area contributed by atoms with Gasteiger partial charge in [0.25, 0.3) is 0 Å². The normalized spacial score (nSPS) is 19.0. The Bertz CT molecular complexity index is 955. The third kappa shape index (κ3) is 4.25. The van der Waals surface area contributed by atoms with E-state index in [1.54, 1.807) is 12.4 Å². The lowest BCUT2D eigenvalue weighted by Gasteiger charge is -2.41. The Morgan fingerprint density at radius 1 is 1.03 bits per heavy atom. The van der Waals surface area contributed by atoms with Gasteiger partial charge in [-0.05, 0) is 60.7 Å². The lowest BCUT2D eigenvalue weighted by atomic mass is 9.91. The smallest absolute Gasteiger partial charge is 0.410 e. The third-order valence-corrected chi connectivity index (χ3v) is 7.76. The van der Waals surface area contributed by atoms with Gasteiger partial charge >= 0.3 is 6.09 Å². The van der Waals surface area contributed by atoms with Crippen LogP contribution in [0.2, 0.25) is 0 Å². The highest BCUT2D eigenvalue weighted by Gasteiger charge is 2.44. The average molecular weight is 419 g/mol. The predicted octanol–water partition coefficient (Wildman–Crippen LogP) is 2.61. The van der Waals surface area contributed by atoms with Gasteiger partial charge in [0, 0.05) is 38.6 Å². The van der Waals surface area contributed by atoms with Crippen LogP contribution in [0.25, 0.3) is 0 Å². The number of carbonyl (C=O) groups excluding carboxylic acids is 1. The molecule has 0 aliphatic carbocycles. The highest BCUT2D eigenvalue weighted by molar-refractivity contribution is 7.89. The maximum absolute atomic E-state index is 12.9. The molecule has 0 spiro atoms. The number of halogens is 1. The van der Waals surface area contributed by atoms with E-state index in [2.05, 4.69) is 4.98 Å². The lowest BCUT2D eigenvalue weighted by molar-refractivity contribution is 0.125. The summed E-state index contributed by atoms with van der Waals surface area (Å²) in [4.78, 5) is 17.5. The third-order valence-electron chi connectivity index (χ3n) is 5.54. The molecule has 2 aromatic rings. The molecule has 0 atom stereocenters. The summed E-state index contributed by atoms with van der Waals surface area (Å²) in [6.07, 6.45) is 4.43. The maximum atomic E-state index is 12.9. The first kappa shape index (κ1) is 19.8. The SMILES string of the molecule is O=C(Oc1ccc(F)cc1)N1CC(S(=O)(=O)N2CCC(c3ccncc3)CC2)C1. The zero-order chi connectivity index (χ0) is 20.4. The maximum Gasteiger partial charge on any atom is 0.415 e. The van der Waals surface area contributed by atoms with Crippen LogP contribution < -0.4 is 4.74 Å². The van der Waals surface area contributed by atoms with Gasteiger partial charge in [0.15, 0.2) is 0 Å². The van der Waals surface area contributed by atoms with Crippen LogP contribution in [0.5, 0.6) is 5.75 Å². The topological polar surface area (TPSA) is 79.8 Å². The number of ether oxygens (including phenoxy) is 1. The van der Waals surface area contributed by atoms with Crippen molar-refractivity contribution in [3.63, 3.8) is 0 Å². The van der Waals surface area contributed by atoms with Gasteiger partial charge in [-0.1, -0.05) is 0 Å². The fourth-order valence-electron chi connectivity index (χ4n) is 3.73. The number of pyridine rings is 1. The molecular formula is C20H22FN3O4S. The molecule has 0 radical (unpaired) electrons. The van der Waals surface area contributed by atoms with Crippen molar-refractivity contribution in [1.29, 1.82) is 0 Å². The van der Waals surface area contributed by atoms with Gasteiger partial charge in [-0.15, -0.1) is 0 Å². The van der Waals surface area contributed by atoms with Crippen molar-refractivity contribution in [3.8, 4) is 5.75 Å². The summed E-state index contributed by atoms with van der Waals surface area (Å²) in [7, 11) is -3.45. The molecule has 9 heteroatoms. The number of likely N-dealkylation sites (tertiary alicyclic amines) is 1. The Hall–Kier alpha value is -2.52. The predicted molar refractivity (Wildman–Crippen MR) is 104 cm³/mol. The summed E-state index contributed by atoms with van der Waals surface area (Å²) in [5.41, 5.74) is 1.19. The molecule has 4 rings (SSSR count). The van der Waals surface area contributed by atoms with Crippen molar-refractivity contribution < 1.29 is 22.3 Å². The van der Waals surface area contributed by atoms with Gasteiger partial charge in [-0.2, -0.15) is 0 Å². The first-order valence-electron chi connectivity index (χ1n) is 9.54. The molecular weight excluding hydrogens is 397 g/mol. The first-order valence-corrected chi connectivity index (χ1v) is 11.0. The van der Waals surface area contributed by atoms with Gasteiger partial charge in [0.1, 0.15) is 16.8 Å². The number of piperidine rings is 1. The fourth-order valence-corrected chi connectivity index (χ4v) is 5.61. The van der Waals surface area contributed by atoms with E-state index in [-0.39, 0.29) is 18.8 Å². The second-order valence-corrected chi connectivity index (χ2v) is 9.56. The minimum atomic E-state index is -3.45. The standard InChI is InChI=1S/C20H22FN3O4S/c21-17-1-3-18(4-2-17)28-20(25)23-13-19(14-23)29(26,27)24-11-7-16(8-12-24)15-5-9-22-10-6-15/h1-6,9-10,16,19H,7-8,11-14H2. The quantitative estimate of drug-likeness (QED) is 0.761. The lowest BCUT2D eigenvalue weighted by Crippen LogP contribution is -2.61. The van der Waals surface area contributed by atoms with E-state index in [4.69, 9.17) is 4.74 Å². The molecule has 2 saturated heterocycles. The summed E-state index contributed by atoms with van der Waals surface area (Å²) in [6.45, 7) is 1.16. The summed E-state index contributed by atoms with van der Waals surface area (Å²) >= 11 is 0. The second-order valence-electron chi connectivity index (χ2n) is 7.35. The molecule has 2 aliphatic rings. The van der Waals surface area contributed by atoms with Crippen LogP contribution >= 0.6 is 0 Å². The van der Waals surface area contributed by atoms with Gasteiger partial charge < -0.3 is 9.64 Å². The largest absolute Gasteiger partial charge is 0.415 e. The van der Waals surface area contributed by atoms with Crippen LogP contribution in [0.15, 0.2) is 48.8 Å². The minimum Gasteiger partial charge on any atom is -0.410 e. The monoisotopic (exact) mass is 419 g/mol. The minimum absolute atomic E-state index is 0.104. The number of sulfonamides is 1. The van der Waals surface area contributed by atoms with Crippen LogP contribution in [-0.2, 0) is 10.0 Å². The van der Waals surface area contributed by atoms with Crippen molar-refractivity contribution >= 4 is 16.1 Å². The van der Waals surface area contributed by atoms with Crippen molar-refractivity contribution in [1.82, 2.24) is 14.2 Å². The molecule has 2 aliphatic heterocycles. The molecule has 3 heterocycles. The van der Waals surface area contributed by atoms with Gasteiger partial charge in [-0.3, -0.25) is 4.98 Å². The molecule has 1 amide bonds. The number of carbonyl (C=O) groups is 1. The van der Waals surface area contributed by atoms with E-state index in [0.717, 1.165) is 12.8 Å². The van der Waals surface area contributed by atoms with Crippen molar-refractivity contribution in [3.05, 3.63) is 60.2 Å². The number of hydrogen-bond acceptors (Lipinski definition) is 5.